The van der Waals surface area contributed by atoms with Crippen LogP contribution >= 0.6 is 0 Å². The van der Waals surface area contributed by atoms with Gasteiger partial charge in [0.15, 0.2) is 5.78 Å². The molecule has 0 saturated heterocycles. The molecule has 0 aromatic heterocycles. The number of Topliss-reactive ketones (excluding diaryl/α,β-unsaturated/α-hetero) is 1. The quantitative estimate of drug-likeness (QED) is 0.555. The molecule has 64 valence electrons. The van der Waals surface area contributed by atoms with E-state index in [1.807, 2.05) is 0 Å². The van der Waals surface area contributed by atoms with Gasteiger partial charge in [-0.25, -0.2) is 9.24 Å². The van der Waals surface area contributed by atoms with E-state index in [4.69, 9.17) is 6.57 Å². The Labute approximate surface area is 74.8 Å². The Morgan fingerprint density at radius 2 is 2.15 bits per heavy atom. The monoisotopic (exact) mass is 175 g/mol. The Morgan fingerprint density at radius 3 is 2.85 bits per heavy atom. The first-order valence-electron chi connectivity index (χ1n) is 3.95. The third-order valence-electron chi connectivity index (χ3n) is 2.21. The van der Waals surface area contributed by atoms with E-state index in [1.165, 1.54) is 12.1 Å². The SMILES string of the molecule is [C-]#[N+]c1cc2c(cc1F)C(=O)CC2. The van der Waals surface area contributed by atoms with Gasteiger partial charge in [0.1, 0.15) is 5.82 Å². The number of hydrogen-bond donors (Lipinski definition) is 0. The van der Waals surface area contributed by atoms with Crippen molar-refractivity contribution in [3.8, 4) is 0 Å². The van der Waals surface area contributed by atoms with Gasteiger partial charge >= 0.3 is 0 Å². The molecule has 0 atom stereocenters. The molecule has 1 aromatic carbocycles. The predicted octanol–water partition coefficient (Wildman–Crippen LogP) is 2.51. The van der Waals surface area contributed by atoms with Gasteiger partial charge in [-0.15, -0.1) is 0 Å². The second-order valence-corrected chi connectivity index (χ2v) is 3.00. The fourth-order valence-electron chi connectivity index (χ4n) is 1.54. The molecule has 2 rings (SSSR count). The molecule has 1 aliphatic rings. The number of aryl methyl sites for hydroxylation is 1. The van der Waals surface area contributed by atoms with E-state index in [1.54, 1.807) is 0 Å². The minimum atomic E-state index is -0.594. The van der Waals surface area contributed by atoms with Crippen molar-refractivity contribution in [1.29, 1.82) is 0 Å². The summed E-state index contributed by atoms with van der Waals surface area (Å²) < 4.78 is 13.1. The molecule has 1 aromatic rings. The molecule has 0 amide bonds. The van der Waals surface area contributed by atoms with Crippen LogP contribution in [0.15, 0.2) is 12.1 Å². The van der Waals surface area contributed by atoms with Crippen LogP contribution in [0, 0.1) is 12.4 Å². The van der Waals surface area contributed by atoms with Crippen LogP contribution in [-0.2, 0) is 6.42 Å². The summed E-state index contributed by atoms with van der Waals surface area (Å²) in [4.78, 5) is 14.2. The summed E-state index contributed by atoms with van der Waals surface area (Å²) in [7, 11) is 0. The van der Waals surface area contributed by atoms with Gasteiger partial charge in [0.25, 0.3) is 0 Å². The lowest BCUT2D eigenvalue weighted by Crippen LogP contribution is -1.91. The van der Waals surface area contributed by atoms with Gasteiger partial charge in [-0.05, 0) is 24.1 Å². The lowest BCUT2D eigenvalue weighted by molar-refractivity contribution is 0.0994. The molecular weight excluding hydrogens is 169 g/mol. The van der Waals surface area contributed by atoms with E-state index in [0.29, 0.717) is 18.4 Å². The van der Waals surface area contributed by atoms with E-state index in [9.17, 15) is 9.18 Å². The third-order valence-corrected chi connectivity index (χ3v) is 2.21. The molecule has 0 aliphatic heterocycles. The summed E-state index contributed by atoms with van der Waals surface area (Å²) in [6.45, 7) is 6.70. The molecule has 0 spiro atoms. The van der Waals surface area contributed by atoms with E-state index < -0.39 is 5.82 Å². The van der Waals surface area contributed by atoms with Crippen LogP contribution < -0.4 is 0 Å². The van der Waals surface area contributed by atoms with Gasteiger partial charge in [-0.3, -0.25) is 4.79 Å². The molecule has 0 radical (unpaired) electrons. The minimum Gasteiger partial charge on any atom is -0.294 e. The molecule has 0 fully saturated rings. The molecular formula is C10H6FNO. The Morgan fingerprint density at radius 1 is 1.38 bits per heavy atom. The highest BCUT2D eigenvalue weighted by Gasteiger charge is 2.21. The second-order valence-electron chi connectivity index (χ2n) is 3.00. The highest BCUT2D eigenvalue weighted by molar-refractivity contribution is 6.00. The molecule has 3 heteroatoms. The first-order valence-corrected chi connectivity index (χ1v) is 3.95. The number of carbonyl (C=O) groups excluding carboxylic acids is 1. The van der Waals surface area contributed by atoms with Gasteiger partial charge < -0.3 is 0 Å². The number of benzene rings is 1. The summed E-state index contributed by atoms with van der Waals surface area (Å²) >= 11 is 0. The molecule has 0 N–H and O–H groups in total. The van der Waals surface area contributed by atoms with Crippen molar-refractivity contribution in [3.05, 3.63) is 40.5 Å². The number of carbonyl (C=O) groups is 1. The summed E-state index contributed by atoms with van der Waals surface area (Å²) in [5.41, 5.74) is 1.26. The lowest BCUT2D eigenvalue weighted by Gasteiger charge is -1.98. The number of ketones is 1. The number of halogens is 1. The Balaban J connectivity index is 2.65. The van der Waals surface area contributed by atoms with Crippen LogP contribution in [0.3, 0.4) is 0 Å². The molecule has 13 heavy (non-hydrogen) atoms. The third kappa shape index (κ3) is 1.11. The average Bonchev–Trinajstić information content (AvgIpc) is 2.47. The zero-order valence-electron chi connectivity index (χ0n) is 6.80. The largest absolute Gasteiger partial charge is 0.294 e. The fourth-order valence-corrected chi connectivity index (χ4v) is 1.54. The van der Waals surface area contributed by atoms with Gasteiger partial charge in [0.2, 0.25) is 5.69 Å². The standard InChI is InChI=1S/C10H6FNO/c1-12-9-4-6-2-3-10(13)7(6)5-8(9)11/h4-5H,2-3H2. The van der Waals surface area contributed by atoms with Gasteiger partial charge in [0, 0.05) is 12.0 Å². The number of fused-ring (bicyclic) bond motifs is 1. The van der Waals surface area contributed by atoms with Crippen molar-refractivity contribution in [2.75, 3.05) is 0 Å². The number of nitrogens with zero attached hydrogens (tertiary/aromatic N) is 1. The second kappa shape index (κ2) is 2.67. The summed E-state index contributed by atoms with van der Waals surface area (Å²) in [5, 5.41) is 0. The van der Waals surface area contributed by atoms with Gasteiger partial charge in [-0.1, -0.05) is 0 Å². The predicted molar refractivity (Wildman–Crippen MR) is 45.3 cm³/mol. The van der Waals surface area contributed by atoms with Crippen molar-refractivity contribution < 1.29 is 9.18 Å². The highest BCUT2D eigenvalue weighted by Crippen LogP contribution is 2.28. The first-order chi connectivity index (χ1) is 6.22. The Kier molecular flexibility index (Phi) is 1.63. The zero-order valence-corrected chi connectivity index (χ0v) is 6.80. The maximum Gasteiger partial charge on any atom is 0.222 e. The topological polar surface area (TPSA) is 21.4 Å². The Bertz CT molecular complexity index is 431. The van der Waals surface area contributed by atoms with Gasteiger partial charge in [0.05, 0.1) is 6.57 Å². The maximum absolute atomic E-state index is 13.1. The van der Waals surface area contributed by atoms with E-state index >= 15 is 0 Å². The minimum absolute atomic E-state index is 0.00782. The maximum atomic E-state index is 13.1. The summed E-state index contributed by atoms with van der Waals surface area (Å²) in [6, 6.07) is 2.65. The molecule has 0 heterocycles. The van der Waals surface area contributed by atoms with Crippen LogP contribution in [0.2, 0.25) is 0 Å². The molecule has 1 aliphatic carbocycles. The van der Waals surface area contributed by atoms with Crippen LogP contribution in [0.1, 0.15) is 22.3 Å². The van der Waals surface area contributed by atoms with E-state index in [2.05, 4.69) is 4.85 Å². The van der Waals surface area contributed by atoms with Crippen molar-refractivity contribution in [1.82, 2.24) is 0 Å². The normalized spacial score (nSPS) is 14.0. The van der Waals surface area contributed by atoms with Crippen molar-refractivity contribution >= 4 is 11.5 Å². The first kappa shape index (κ1) is 7.93. The molecule has 0 bridgehead atoms. The Hall–Kier alpha value is -1.69. The number of hydrogen-bond acceptors (Lipinski definition) is 1. The van der Waals surface area contributed by atoms with Crippen LogP contribution in [0.25, 0.3) is 4.85 Å². The molecule has 0 saturated carbocycles. The van der Waals surface area contributed by atoms with E-state index in [-0.39, 0.29) is 11.5 Å². The average molecular weight is 175 g/mol. The molecule has 0 unspecified atom stereocenters. The van der Waals surface area contributed by atoms with Crippen LogP contribution in [0.5, 0.6) is 0 Å². The van der Waals surface area contributed by atoms with Crippen LogP contribution in [0.4, 0.5) is 10.1 Å². The number of rotatable bonds is 0. The summed E-state index contributed by atoms with van der Waals surface area (Å²) in [5.74, 6) is -0.616. The zero-order chi connectivity index (χ0) is 9.42. The van der Waals surface area contributed by atoms with Gasteiger partial charge in [-0.2, -0.15) is 0 Å². The van der Waals surface area contributed by atoms with Crippen molar-refractivity contribution in [2.24, 2.45) is 0 Å². The smallest absolute Gasteiger partial charge is 0.222 e. The lowest BCUT2D eigenvalue weighted by atomic mass is 10.1. The van der Waals surface area contributed by atoms with Crippen molar-refractivity contribution in [3.63, 3.8) is 0 Å². The molecule has 2 nitrogen and oxygen atoms in total. The van der Waals surface area contributed by atoms with Crippen LogP contribution in [-0.4, -0.2) is 5.78 Å². The highest BCUT2D eigenvalue weighted by atomic mass is 19.1. The van der Waals surface area contributed by atoms with E-state index in [0.717, 1.165) is 5.56 Å². The fraction of sp³-hybridized carbons (Fsp3) is 0.200. The van der Waals surface area contributed by atoms with Crippen molar-refractivity contribution in [2.45, 2.75) is 12.8 Å². The summed E-state index contributed by atoms with van der Waals surface area (Å²) in [6.07, 6.45) is 1.08.